The fourth-order valence-corrected chi connectivity index (χ4v) is 4.24. The normalized spacial score (nSPS) is 23.8. The van der Waals surface area contributed by atoms with Gasteiger partial charge in [-0.2, -0.15) is 0 Å². The summed E-state index contributed by atoms with van der Waals surface area (Å²) in [5, 5.41) is 1.08. The van der Waals surface area contributed by atoms with Crippen molar-refractivity contribution in [3.63, 3.8) is 0 Å². The van der Waals surface area contributed by atoms with E-state index in [4.69, 9.17) is 0 Å². The van der Waals surface area contributed by atoms with E-state index in [2.05, 4.69) is 56.5 Å². The number of benzene rings is 1. The van der Waals surface area contributed by atoms with E-state index in [0.29, 0.717) is 6.04 Å². The first-order valence-electron chi connectivity index (χ1n) is 6.67. The van der Waals surface area contributed by atoms with Gasteiger partial charge >= 0.3 is 0 Å². The SMILES string of the molecule is C[C@@H]1CC[S@@](=O)CCN1c1ncnc2ccc(I)cc12. The number of halogens is 1. The Morgan fingerprint density at radius 2 is 2.20 bits per heavy atom. The summed E-state index contributed by atoms with van der Waals surface area (Å²) >= 11 is 2.31. The number of rotatable bonds is 1. The quantitative estimate of drug-likeness (QED) is 0.690. The highest BCUT2D eigenvalue weighted by molar-refractivity contribution is 14.1. The molecule has 0 saturated carbocycles. The molecule has 1 aromatic heterocycles. The van der Waals surface area contributed by atoms with Gasteiger partial charge < -0.3 is 4.90 Å². The molecule has 20 heavy (non-hydrogen) atoms. The first-order valence-corrected chi connectivity index (χ1v) is 9.24. The van der Waals surface area contributed by atoms with Gasteiger partial charge in [0.05, 0.1) is 5.52 Å². The first kappa shape index (κ1) is 14.2. The monoisotopic (exact) mass is 401 g/mol. The van der Waals surface area contributed by atoms with Gasteiger partial charge in [-0.1, -0.05) is 0 Å². The molecule has 0 spiro atoms. The molecule has 1 aliphatic heterocycles. The molecule has 1 aromatic carbocycles. The van der Waals surface area contributed by atoms with E-state index in [1.165, 1.54) is 3.57 Å². The molecule has 6 heteroatoms. The van der Waals surface area contributed by atoms with Gasteiger partial charge in [0.2, 0.25) is 0 Å². The topological polar surface area (TPSA) is 46.1 Å². The third-order valence-corrected chi connectivity index (χ3v) is 5.70. The summed E-state index contributed by atoms with van der Waals surface area (Å²) in [6.45, 7) is 2.98. The summed E-state index contributed by atoms with van der Waals surface area (Å²) in [7, 11) is -0.697. The minimum Gasteiger partial charge on any atom is -0.352 e. The first-order chi connectivity index (χ1) is 9.65. The zero-order valence-electron chi connectivity index (χ0n) is 11.3. The lowest BCUT2D eigenvalue weighted by atomic mass is 10.1. The number of fused-ring (bicyclic) bond motifs is 1. The van der Waals surface area contributed by atoms with Crippen LogP contribution < -0.4 is 4.90 Å². The predicted molar refractivity (Wildman–Crippen MR) is 91.6 cm³/mol. The standard InChI is InChI=1S/C14H16IN3OS/c1-10-4-6-20(19)7-5-18(10)14-12-8-11(15)2-3-13(12)16-9-17-14/h2-3,8-10H,4-7H2,1H3/t10-,20-/m1/s1. The molecule has 3 rings (SSSR count). The van der Waals surface area contributed by atoms with Crippen LogP contribution in [0.2, 0.25) is 0 Å². The third-order valence-electron chi connectivity index (χ3n) is 3.70. The van der Waals surface area contributed by atoms with Crippen LogP contribution in [0.3, 0.4) is 0 Å². The number of nitrogens with zero attached hydrogens (tertiary/aromatic N) is 3. The van der Waals surface area contributed by atoms with Crippen LogP contribution in [-0.4, -0.2) is 38.3 Å². The maximum absolute atomic E-state index is 11.8. The van der Waals surface area contributed by atoms with Crippen LogP contribution in [0.4, 0.5) is 5.82 Å². The van der Waals surface area contributed by atoms with Gasteiger partial charge in [0.1, 0.15) is 12.1 Å². The van der Waals surface area contributed by atoms with Crippen LogP contribution in [0.15, 0.2) is 24.5 Å². The molecule has 0 amide bonds. The molecule has 1 aliphatic rings. The van der Waals surface area contributed by atoms with Crippen molar-refractivity contribution >= 4 is 50.1 Å². The van der Waals surface area contributed by atoms with Crippen molar-refractivity contribution in [2.45, 2.75) is 19.4 Å². The van der Waals surface area contributed by atoms with E-state index in [-0.39, 0.29) is 0 Å². The van der Waals surface area contributed by atoms with E-state index in [1.807, 2.05) is 6.07 Å². The maximum Gasteiger partial charge on any atom is 0.140 e. The molecule has 2 heterocycles. The Hall–Kier alpha value is -0.760. The smallest absolute Gasteiger partial charge is 0.140 e. The predicted octanol–water partition coefficient (Wildman–Crippen LogP) is 2.58. The third kappa shape index (κ3) is 2.81. The zero-order chi connectivity index (χ0) is 14.1. The van der Waals surface area contributed by atoms with Crippen molar-refractivity contribution < 1.29 is 4.21 Å². The largest absolute Gasteiger partial charge is 0.352 e. The second kappa shape index (κ2) is 5.93. The zero-order valence-corrected chi connectivity index (χ0v) is 14.2. The average molecular weight is 401 g/mol. The maximum atomic E-state index is 11.8. The molecule has 1 saturated heterocycles. The Bertz CT molecular complexity index is 664. The second-order valence-electron chi connectivity index (χ2n) is 5.04. The summed E-state index contributed by atoms with van der Waals surface area (Å²) in [6, 6.07) is 6.57. The lowest BCUT2D eigenvalue weighted by molar-refractivity contribution is 0.639. The van der Waals surface area contributed by atoms with E-state index in [0.717, 1.165) is 41.2 Å². The van der Waals surface area contributed by atoms with Crippen LogP contribution >= 0.6 is 22.6 Å². The molecule has 0 aliphatic carbocycles. The molecular weight excluding hydrogens is 385 g/mol. The molecule has 1 fully saturated rings. The fourth-order valence-electron chi connectivity index (χ4n) is 2.54. The van der Waals surface area contributed by atoms with E-state index in [9.17, 15) is 4.21 Å². The summed E-state index contributed by atoms with van der Waals surface area (Å²) in [6.07, 6.45) is 2.57. The van der Waals surface area contributed by atoms with Crippen molar-refractivity contribution in [3.8, 4) is 0 Å². The Kier molecular flexibility index (Phi) is 4.21. The van der Waals surface area contributed by atoms with Crippen LogP contribution in [-0.2, 0) is 10.8 Å². The van der Waals surface area contributed by atoms with E-state index in [1.54, 1.807) is 6.33 Å². The minimum absolute atomic E-state index is 0.359. The molecule has 4 nitrogen and oxygen atoms in total. The summed E-state index contributed by atoms with van der Waals surface area (Å²) < 4.78 is 13.0. The second-order valence-corrected chi connectivity index (χ2v) is 7.98. The van der Waals surface area contributed by atoms with Gasteiger partial charge in [0.25, 0.3) is 0 Å². The summed E-state index contributed by atoms with van der Waals surface area (Å²) in [5.41, 5.74) is 0.966. The highest BCUT2D eigenvalue weighted by Gasteiger charge is 2.22. The van der Waals surface area contributed by atoms with E-state index < -0.39 is 10.8 Å². The molecule has 2 atom stereocenters. The minimum atomic E-state index is -0.697. The Morgan fingerprint density at radius 3 is 3.05 bits per heavy atom. The molecule has 106 valence electrons. The lowest BCUT2D eigenvalue weighted by Crippen LogP contribution is -2.34. The van der Waals surface area contributed by atoms with Crippen molar-refractivity contribution in [2.75, 3.05) is 23.0 Å². The van der Waals surface area contributed by atoms with Gasteiger partial charge in [-0.15, -0.1) is 0 Å². The van der Waals surface area contributed by atoms with Crippen LogP contribution in [0.25, 0.3) is 10.9 Å². The highest BCUT2D eigenvalue weighted by atomic mass is 127. The molecular formula is C14H16IN3OS. The molecule has 0 radical (unpaired) electrons. The van der Waals surface area contributed by atoms with Crippen LogP contribution in [0, 0.1) is 3.57 Å². The van der Waals surface area contributed by atoms with Crippen molar-refractivity contribution in [2.24, 2.45) is 0 Å². The molecule has 0 N–H and O–H groups in total. The number of anilines is 1. The summed E-state index contributed by atoms with van der Waals surface area (Å²) in [4.78, 5) is 11.1. The number of aromatic nitrogens is 2. The summed E-state index contributed by atoms with van der Waals surface area (Å²) in [5.74, 6) is 2.48. The van der Waals surface area contributed by atoms with Gasteiger partial charge in [-0.25, -0.2) is 9.97 Å². The molecule has 0 unspecified atom stereocenters. The van der Waals surface area contributed by atoms with Gasteiger partial charge in [-0.05, 0) is 54.1 Å². The lowest BCUT2D eigenvalue weighted by Gasteiger charge is -2.28. The van der Waals surface area contributed by atoms with Crippen LogP contribution in [0.5, 0.6) is 0 Å². The fraction of sp³-hybridized carbons (Fsp3) is 0.429. The van der Waals surface area contributed by atoms with Crippen molar-refractivity contribution in [1.82, 2.24) is 9.97 Å². The highest BCUT2D eigenvalue weighted by Crippen LogP contribution is 2.27. The average Bonchev–Trinajstić information content (AvgIpc) is 2.61. The van der Waals surface area contributed by atoms with Crippen molar-refractivity contribution in [3.05, 3.63) is 28.1 Å². The van der Waals surface area contributed by atoms with Gasteiger partial charge in [0.15, 0.2) is 0 Å². The Labute approximate surface area is 134 Å². The van der Waals surface area contributed by atoms with Gasteiger partial charge in [-0.3, -0.25) is 4.21 Å². The Morgan fingerprint density at radius 1 is 1.35 bits per heavy atom. The molecule has 2 aromatic rings. The number of hydrogen-bond donors (Lipinski definition) is 0. The van der Waals surface area contributed by atoms with Gasteiger partial charge in [0, 0.05) is 43.8 Å². The molecule has 0 bridgehead atoms. The number of hydrogen-bond acceptors (Lipinski definition) is 4. The van der Waals surface area contributed by atoms with Crippen molar-refractivity contribution in [1.29, 1.82) is 0 Å². The van der Waals surface area contributed by atoms with Crippen LogP contribution in [0.1, 0.15) is 13.3 Å². The Balaban J connectivity index is 2.08. The van der Waals surface area contributed by atoms with E-state index >= 15 is 0 Å².